The number of hydrogen-bond donors (Lipinski definition) is 1. The topological polar surface area (TPSA) is 88.2 Å². The van der Waals surface area contributed by atoms with Crippen molar-refractivity contribution in [2.75, 3.05) is 51.3 Å². The van der Waals surface area contributed by atoms with Crippen LogP contribution in [0, 0.1) is 12.7 Å². The SMILES string of the molecule is CCOC(=O)c1sc(NC(=O)CN2CCN(Cc3ccc(F)cc3)CC2)c(C(=O)OCC)c1C. The highest BCUT2D eigenvalue weighted by atomic mass is 32.1. The minimum absolute atomic E-state index is 0.165. The molecule has 1 aromatic carbocycles. The Morgan fingerprint density at radius 1 is 0.971 bits per heavy atom. The van der Waals surface area contributed by atoms with Crippen molar-refractivity contribution in [3.05, 3.63) is 51.7 Å². The fourth-order valence-electron chi connectivity index (χ4n) is 3.76. The van der Waals surface area contributed by atoms with Crippen LogP contribution in [0.3, 0.4) is 0 Å². The molecule has 1 aliphatic heterocycles. The molecule has 0 atom stereocenters. The number of amides is 1. The summed E-state index contributed by atoms with van der Waals surface area (Å²) in [6.45, 7) is 9.30. The molecular weight excluding hydrogens is 461 g/mol. The monoisotopic (exact) mass is 491 g/mol. The van der Waals surface area contributed by atoms with Crippen molar-refractivity contribution in [3.63, 3.8) is 0 Å². The van der Waals surface area contributed by atoms with Crippen molar-refractivity contribution in [3.8, 4) is 0 Å². The Morgan fingerprint density at radius 2 is 1.56 bits per heavy atom. The molecule has 3 rings (SSSR count). The van der Waals surface area contributed by atoms with Gasteiger partial charge in [-0.1, -0.05) is 12.1 Å². The van der Waals surface area contributed by atoms with E-state index in [-0.39, 0.29) is 41.9 Å². The molecule has 184 valence electrons. The second kappa shape index (κ2) is 12.0. The molecule has 2 aromatic rings. The molecule has 0 radical (unpaired) electrons. The number of nitrogens with zero attached hydrogens (tertiary/aromatic N) is 2. The first-order chi connectivity index (χ1) is 16.3. The summed E-state index contributed by atoms with van der Waals surface area (Å²) in [6.07, 6.45) is 0. The van der Waals surface area contributed by atoms with E-state index in [2.05, 4.69) is 10.2 Å². The third-order valence-electron chi connectivity index (χ3n) is 5.49. The Balaban J connectivity index is 1.59. The summed E-state index contributed by atoms with van der Waals surface area (Å²) >= 11 is 1.02. The van der Waals surface area contributed by atoms with Crippen molar-refractivity contribution in [1.29, 1.82) is 0 Å². The second-order valence-electron chi connectivity index (χ2n) is 7.93. The molecule has 0 saturated carbocycles. The van der Waals surface area contributed by atoms with Crippen LogP contribution in [0.4, 0.5) is 9.39 Å². The van der Waals surface area contributed by atoms with Crippen molar-refractivity contribution >= 4 is 34.2 Å². The molecule has 0 spiro atoms. The highest BCUT2D eigenvalue weighted by Crippen LogP contribution is 2.34. The third kappa shape index (κ3) is 6.62. The summed E-state index contributed by atoms with van der Waals surface area (Å²) in [6, 6.07) is 6.48. The number of rotatable bonds is 9. The van der Waals surface area contributed by atoms with Crippen molar-refractivity contribution in [2.24, 2.45) is 0 Å². The van der Waals surface area contributed by atoms with E-state index in [4.69, 9.17) is 9.47 Å². The normalized spacial score (nSPS) is 14.6. The highest BCUT2D eigenvalue weighted by molar-refractivity contribution is 7.18. The van der Waals surface area contributed by atoms with Gasteiger partial charge in [0.2, 0.25) is 5.91 Å². The number of anilines is 1. The van der Waals surface area contributed by atoms with Gasteiger partial charge in [0.1, 0.15) is 15.7 Å². The zero-order valence-electron chi connectivity index (χ0n) is 19.7. The predicted octanol–water partition coefficient (Wildman–Crippen LogP) is 3.31. The van der Waals surface area contributed by atoms with E-state index in [0.717, 1.165) is 36.5 Å². The molecule has 1 fully saturated rings. The number of ether oxygens (including phenoxy) is 2. The molecule has 1 amide bonds. The van der Waals surface area contributed by atoms with Crippen molar-refractivity contribution in [2.45, 2.75) is 27.3 Å². The summed E-state index contributed by atoms with van der Waals surface area (Å²) in [5, 5.41) is 3.08. The van der Waals surface area contributed by atoms with Crippen LogP contribution >= 0.6 is 11.3 Å². The van der Waals surface area contributed by atoms with Crippen LogP contribution in [-0.2, 0) is 20.8 Å². The maximum absolute atomic E-state index is 13.1. The second-order valence-corrected chi connectivity index (χ2v) is 8.95. The molecular formula is C24H30FN3O5S. The Hall–Kier alpha value is -2.82. The van der Waals surface area contributed by atoms with E-state index in [1.165, 1.54) is 12.1 Å². The number of esters is 2. The summed E-state index contributed by atoms with van der Waals surface area (Å²) in [7, 11) is 0. The van der Waals surface area contributed by atoms with E-state index in [1.807, 2.05) is 4.90 Å². The van der Waals surface area contributed by atoms with Gasteiger partial charge in [0, 0.05) is 32.7 Å². The molecule has 1 saturated heterocycles. The van der Waals surface area contributed by atoms with Crippen LogP contribution in [0.15, 0.2) is 24.3 Å². The third-order valence-corrected chi connectivity index (χ3v) is 6.68. The molecule has 1 aliphatic rings. The van der Waals surface area contributed by atoms with E-state index < -0.39 is 11.9 Å². The zero-order chi connectivity index (χ0) is 24.7. The van der Waals surface area contributed by atoms with Gasteiger partial charge in [-0.3, -0.25) is 14.6 Å². The van der Waals surface area contributed by atoms with E-state index >= 15 is 0 Å². The Morgan fingerprint density at radius 3 is 2.18 bits per heavy atom. The van der Waals surface area contributed by atoms with Gasteiger partial charge in [0.05, 0.1) is 25.3 Å². The Labute approximate surface area is 202 Å². The average molecular weight is 492 g/mol. The lowest BCUT2D eigenvalue weighted by Crippen LogP contribution is -2.48. The lowest BCUT2D eigenvalue weighted by atomic mass is 10.1. The Bertz CT molecular complexity index is 1020. The fourth-order valence-corrected chi connectivity index (χ4v) is 4.87. The number of hydrogen-bond acceptors (Lipinski definition) is 8. The predicted molar refractivity (Wildman–Crippen MR) is 128 cm³/mol. The number of carbonyl (C=O) groups excluding carboxylic acids is 3. The maximum Gasteiger partial charge on any atom is 0.348 e. The molecule has 0 bridgehead atoms. The average Bonchev–Trinajstić information content (AvgIpc) is 3.12. The lowest BCUT2D eigenvalue weighted by Gasteiger charge is -2.34. The summed E-state index contributed by atoms with van der Waals surface area (Å²) in [5.74, 6) is -1.64. The molecule has 1 aromatic heterocycles. The van der Waals surface area contributed by atoms with Gasteiger partial charge in [-0.05, 0) is 44.0 Å². The number of nitrogens with one attached hydrogen (secondary N) is 1. The van der Waals surface area contributed by atoms with Gasteiger partial charge < -0.3 is 14.8 Å². The molecule has 8 nitrogen and oxygen atoms in total. The van der Waals surface area contributed by atoms with Crippen LogP contribution in [0.1, 0.15) is 45.0 Å². The molecule has 1 N–H and O–H groups in total. The smallest absolute Gasteiger partial charge is 0.348 e. The van der Waals surface area contributed by atoms with Gasteiger partial charge >= 0.3 is 11.9 Å². The number of carbonyl (C=O) groups is 3. The van der Waals surface area contributed by atoms with Crippen molar-refractivity contribution in [1.82, 2.24) is 9.80 Å². The van der Waals surface area contributed by atoms with Crippen LogP contribution in [0.2, 0.25) is 0 Å². The van der Waals surface area contributed by atoms with E-state index in [0.29, 0.717) is 23.7 Å². The summed E-state index contributed by atoms with van der Waals surface area (Å²) < 4.78 is 23.3. The van der Waals surface area contributed by atoms with Gasteiger partial charge in [0.15, 0.2) is 0 Å². The van der Waals surface area contributed by atoms with Gasteiger partial charge in [-0.15, -0.1) is 11.3 Å². The minimum atomic E-state index is -0.587. The van der Waals surface area contributed by atoms with Crippen LogP contribution in [-0.4, -0.2) is 73.6 Å². The maximum atomic E-state index is 13.1. The van der Waals surface area contributed by atoms with Gasteiger partial charge in [-0.2, -0.15) is 0 Å². The lowest BCUT2D eigenvalue weighted by molar-refractivity contribution is -0.117. The number of thiophene rings is 1. The number of benzene rings is 1. The highest BCUT2D eigenvalue weighted by Gasteiger charge is 2.28. The minimum Gasteiger partial charge on any atom is -0.462 e. The van der Waals surface area contributed by atoms with E-state index in [1.54, 1.807) is 32.9 Å². The first-order valence-corrected chi connectivity index (χ1v) is 12.1. The van der Waals surface area contributed by atoms with Gasteiger partial charge in [0.25, 0.3) is 0 Å². The first kappa shape index (κ1) is 25.8. The van der Waals surface area contributed by atoms with Crippen LogP contribution in [0.25, 0.3) is 0 Å². The quantitative estimate of drug-likeness (QED) is 0.539. The van der Waals surface area contributed by atoms with Gasteiger partial charge in [-0.25, -0.2) is 14.0 Å². The zero-order valence-corrected chi connectivity index (χ0v) is 20.5. The fraction of sp³-hybridized carbons (Fsp3) is 0.458. The van der Waals surface area contributed by atoms with Crippen molar-refractivity contribution < 1.29 is 28.2 Å². The molecule has 0 unspecified atom stereocenters. The first-order valence-electron chi connectivity index (χ1n) is 11.3. The molecule has 34 heavy (non-hydrogen) atoms. The summed E-state index contributed by atoms with van der Waals surface area (Å²) in [5.41, 5.74) is 1.67. The molecule has 10 heteroatoms. The summed E-state index contributed by atoms with van der Waals surface area (Å²) in [4.78, 5) is 42.1. The largest absolute Gasteiger partial charge is 0.462 e. The van der Waals surface area contributed by atoms with Crippen LogP contribution in [0.5, 0.6) is 0 Å². The standard InChI is InChI=1S/C24H30FN3O5S/c1-4-32-23(30)20-16(3)21(24(31)33-5-2)34-22(20)26-19(29)15-28-12-10-27(11-13-28)14-17-6-8-18(25)9-7-17/h6-9H,4-5,10-15H2,1-3H3,(H,26,29). The number of piperazine rings is 1. The molecule has 0 aliphatic carbocycles. The van der Waals surface area contributed by atoms with Crippen LogP contribution < -0.4 is 5.32 Å². The number of halogens is 1. The molecule has 2 heterocycles. The van der Waals surface area contributed by atoms with E-state index in [9.17, 15) is 18.8 Å². The Kier molecular flexibility index (Phi) is 9.14.